The fourth-order valence-corrected chi connectivity index (χ4v) is 4.12. The van der Waals surface area contributed by atoms with Gasteiger partial charge in [0, 0.05) is 23.3 Å². The van der Waals surface area contributed by atoms with Gasteiger partial charge in [-0.3, -0.25) is 10.1 Å². The third-order valence-corrected chi connectivity index (χ3v) is 5.49. The first-order valence-corrected chi connectivity index (χ1v) is 10.1. The molecule has 1 aliphatic rings. The van der Waals surface area contributed by atoms with Crippen LogP contribution in [-0.4, -0.2) is 4.92 Å². The zero-order chi connectivity index (χ0) is 21.2. The molecule has 0 unspecified atom stereocenters. The molecule has 4 heteroatoms. The minimum absolute atomic E-state index is 0.0778. The van der Waals surface area contributed by atoms with Gasteiger partial charge in [-0.05, 0) is 46.5 Å². The van der Waals surface area contributed by atoms with E-state index in [1.165, 1.54) is 0 Å². The molecule has 0 N–H and O–H groups in total. The average Bonchev–Trinajstić information content (AvgIpc) is 3.14. The Kier molecular flexibility index (Phi) is 4.81. The smallest absolute Gasteiger partial charge is 0.269 e. The van der Waals surface area contributed by atoms with Crippen molar-refractivity contribution in [2.24, 2.45) is 0 Å². The summed E-state index contributed by atoms with van der Waals surface area (Å²) in [6.45, 7) is 0. The molecule has 0 radical (unpaired) electrons. The average molecular weight is 405 g/mol. The van der Waals surface area contributed by atoms with Crippen molar-refractivity contribution < 1.29 is 9.66 Å². The molecule has 5 rings (SSSR count). The second kappa shape index (κ2) is 7.92. The summed E-state index contributed by atoms with van der Waals surface area (Å²) in [6, 6.07) is 34.9. The fourth-order valence-electron chi connectivity index (χ4n) is 4.12. The maximum absolute atomic E-state index is 11.1. The van der Waals surface area contributed by atoms with E-state index >= 15 is 0 Å². The number of hydrogen-bond acceptors (Lipinski definition) is 3. The van der Waals surface area contributed by atoms with Crippen LogP contribution in [0.1, 0.15) is 28.4 Å². The second-order valence-electron chi connectivity index (χ2n) is 7.36. The van der Waals surface area contributed by atoms with E-state index in [1.807, 2.05) is 72.8 Å². The summed E-state index contributed by atoms with van der Waals surface area (Å²) in [5, 5.41) is 11.1. The van der Waals surface area contributed by atoms with Crippen molar-refractivity contribution in [3.8, 4) is 5.75 Å². The molecule has 0 amide bonds. The van der Waals surface area contributed by atoms with Gasteiger partial charge < -0.3 is 4.74 Å². The second-order valence-corrected chi connectivity index (χ2v) is 7.36. The SMILES string of the molecule is O=[N+]([O-])c1ccc(C2=C(c3ccccc3)[C@@H](Oc3ccccc3)c3ccccc32)cc1. The van der Waals surface area contributed by atoms with Gasteiger partial charge in [0.1, 0.15) is 5.75 Å². The highest BCUT2D eigenvalue weighted by molar-refractivity contribution is 6.05. The lowest BCUT2D eigenvalue weighted by Gasteiger charge is -2.20. The van der Waals surface area contributed by atoms with Crippen molar-refractivity contribution in [1.82, 2.24) is 0 Å². The number of fused-ring (bicyclic) bond motifs is 1. The van der Waals surface area contributed by atoms with Crippen LogP contribution in [0.25, 0.3) is 11.1 Å². The summed E-state index contributed by atoms with van der Waals surface area (Å²) >= 11 is 0. The molecule has 31 heavy (non-hydrogen) atoms. The molecule has 0 aromatic heterocycles. The minimum Gasteiger partial charge on any atom is -0.481 e. The normalized spacial score (nSPS) is 14.9. The summed E-state index contributed by atoms with van der Waals surface area (Å²) in [5.41, 5.74) is 6.32. The van der Waals surface area contributed by atoms with Crippen LogP contribution >= 0.6 is 0 Å². The van der Waals surface area contributed by atoms with Gasteiger partial charge in [-0.1, -0.05) is 72.8 Å². The number of nitro groups is 1. The lowest BCUT2D eigenvalue weighted by molar-refractivity contribution is -0.384. The Bertz CT molecular complexity index is 1260. The van der Waals surface area contributed by atoms with E-state index in [-0.39, 0.29) is 16.7 Å². The van der Waals surface area contributed by atoms with Crippen molar-refractivity contribution in [2.45, 2.75) is 6.10 Å². The highest BCUT2D eigenvalue weighted by Crippen LogP contribution is 2.50. The first-order valence-electron chi connectivity index (χ1n) is 10.1. The number of nitro benzene ring substituents is 1. The molecule has 4 nitrogen and oxygen atoms in total. The Morgan fingerprint density at radius 3 is 1.97 bits per heavy atom. The van der Waals surface area contributed by atoms with Crippen LogP contribution in [0, 0.1) is 10.1 Å². The Labute approximate surface area is 180 Å². The lowest BCUT2D eigenvalue weighted by Crippen LogP contribution is -2.07. The Hall–Kier alpha value is -4.18. The molecule has 0 saturated carbocycles. The van der Waals surface area contributed by atoms with E-state index in [4.69, 9.17) is 4.74 Å². The van der Waals surface area contributed by atoms with E-state index in [1.54, 1.807) is 12.1 Å². The molecule has 0 aliphatic heterocycles. The molecule has 0 fully saturated rings. The zero-order valence-corrected chi connectivity index (χ0v) is 16.6. The largest absolute Gasteiger partial charge is 0.481 e. The summed E-state index contributed by atoms with van der Waals surface area (Å²) in [6.07, 6.45) is -0.286. The molecular formula is C27H19NO3. The van der Waals surface area contributed by atoms with E-state index < -0.39 is 0 Å². The number of ether oxygens (including phenoxy) is 1. The van der Waals surface area contributed by atoms with Crippen LogP contribution in [0.4, 0.5) is 5.69 Å². The van der Waals surface area contributed by atoms with Gasteiger partial charge in [-0.15, -0.1) is 0 Å². The molecular weight excluding hydrogens is 386 g/mol. The Morgan fingerprint density at radius 2 is 1.29 bits per heavy atom. The van der Waals surface area contributed by atoms with Crippen molar-refractivity contribution in [2.75, 3.05) is 0 Å². The van der Waals surface area contributed by atoms with Crippen molar-refractivity contribution in [1.29, 1.82) is 0 Å². The number of nitrogens with zero attached hydrogens (tertiary/aromatic N) is 1. The van der Waals surface area contributed by atoms with Crippen molar-refractivity contribution >= 4 is 16.8 Å². The summed E-state index contributed by atoms with van der Waals surface area (Å²) < 4.78 is 6.52. The maximum atomic E-state index is 11.1. The maximum Gasteiger partial charge on any atom is 0.269 e. The number of para-hydroxylation sites is 1. The molecule has 0 saturated heterocycles. The molecule has 0 bridgehead atoms. The zero-order valence-electron chi connectivity index (χ0n) is 16.6. The standard InChI is InChI=1S/C27H19NO3/c29-28(30)21-17-15-20(16-18-21)25-23-13-7-8-14-24(23)27(31-22-11-5-2-6-12-22)26(25)19-9-3-1-4-10-19/h1-18,27H/t27-/m0/s1. The monoisotopic (exact) mass is 405 g/mol. The summed E-state index contributed by atoms with van der Waals surface area (Å²) in [7, 11) is 0. The molecule has 0 heterocycles. The van der Waals surface area contributed by atoms with E-state index in [0.717, 1.165) is 39.1 Å². The highest BCUT2D eigenvalue weighted by atomic mass is 16.6. The van der Waals surface area contributed by atoms with Gasteiger partial charge in [-0.25, -0.2) is 0 Å². The van der Waals surface area contributed by atoms with E-state index in [9.17, 15) is 10.1 Å². The first-order chi connectivity index (χ1) is 15.2. The number of non-ortho nitro benzene ring substituents is 1. The number of benzene rings is 4. The summed E-state index contributed by atoms with van der Waals surface area (Å²) in [5.74, 6) is 0.792. The molecule has 0 spiro atoms. The molecule has 150 valence electrons. The van der Waals surface area contributed by atoms with Crippen molar-refractivity contribution in [3.05, 3.63) is 142 Å². The van der Waals surface area contributed by atoms with E-state index in [2.05, 4.69) is 24.3 Å². The topological polar surface area (TPSA) is 52.4 Å². The quantitative estimate of drug-likeness (QED) is 0.275. The van der Waals surface area contributed by atoms with Gasteiger partial charge in [0.25, 0.3) is 5.69 Å². The van der Waals surface area contributed by atoms with Crippen LogP contribution in [0.15, 0.2) is 109 Å². The van der Waals surface area contributed by atoms with Crippen molar-refractivity contribution in [3.63, 3.8) is 0 Å². The Morgan fingerprint density at radius 1 is 0.677 bits per heavy atom. The molecule has 1 atom stereocenters. The van der Waals surface area contributed by atoms with E-state index in [0.29, 0.717) is 0 Å². The molecule has 4 aromatic carbocycles. The third-order valence-electron chi connectivity index (χ3n) is 5.49. The predicted molar refractivity (Wildman–Crippen MR) is 122 cm³/mol. The van der Waals surface area contributed by atoms with Crippen LogP contribution in [-0.2, 0) is 0 Å². The molecule has 4 aromatic rings. The van der Waals surface area contributed by atoms with Gasteiger partial charge in [0.15, 0.2) is 6.10 Å². The Balaban J connectivity index is 1.73. The fraction of sp³-hybridized carbons (Fsp3) is 0.0370. The highest BCUT2D eigenvalue weighted by Gasteiger charge is 2.34. The van der Waals surface area contributed by atoms with Gasteiger partial charge in [0.2, 0.25) is 0 Å². The lowest BCUT2D eigenvalue weighted by atomic mass is 9.94. The van der Waals surface area contributed by atoms with Gasteiger partial charge >= 0.3 is 0 Å². The van der Waals surface area contributed by atoms with Crippen LogP contribution in [0.5, 0.6) is 5.75 Å². The third kappa shape index (κ3) is 3.49. The van der Waals surface area contributed by atoms with Crippen LogP contribution in [0.3, 0.4) is 0 Å². The van der Waals surface area contributed by atoms with Gasteiger partial charge in [0.05, 0.1) is 4.92 Å². The number of hydrogen-bond donors (Lipinski definition) is 0. The summed E-state index contributed by atoms with van der Waals surface area (Å²) in [4.78, 5) is 10.8. The van der Waals surface area contributed by atoms with Crippen LogP contribution < -0.4 is 4.74 Å². The number of rotatable bonds is 5. The minimum atomic E-state index is -0.375. The van der Waals surface area contributed by atoms with Crippen LogP contribution in [0.2, 0.25) is 0 Å². The van der Waals surface area contributed by atoms with Gasteiger partial charge in [-0.2, -0.15) is 0 Å². The molecule has 1 aliphatic carbocycles. The first kappa shape index (κ1) is 18.8. The predicted octanol–water partition coefficient (Wildman–Crippen LogP) is 6.69.